The third-order valence-electron chi connectivity index (χ3n) is 6.51. The molecule has 0 radical (unpaired) electrons. The lowest BCUT2D eigenvalue weighted by atomic mass is 9.99. The normalized spacial score (nSPS) is 18.8. The predicted octanol–water partition coefficient (Wildman–Crippen LogP) is 2.14. The third-order valence-corrected chi connectivity index (χ3v) is 6.51. The van der Waals surface area contributed by atoms with Crippen LogP contribution in [0.4, 0.5) is 5.82 Å². The number of nitrogen functional groups attached to an aromatic ring is 1. The van der Waals surface area contributed by atoms with Gasteiger partial charge in [-0.2, -0.15) is 0 Å². The summed E-state index contributed by atoms with van der Waals surface area (Å²) < 4.78 is 0. The van der Waals surface area contributed by atoms with E-state index in [1.165, 1.54) is 12.8 Å². The molecule has 0 bridgehead atoms. The van der Waals surface area contributed by atoms with Crippen LogP contribution in [0.3, 0.4) is 0 Å². The van der Waals surface area contributed by atoms with E-state index in [-0.39, 0.29) is 17.6 Å². The van der Waals surface area contributed by atoms with Crippen molar-refractivity contribution in [2.45, 2.75) is 58.2 Å². The fraction of sp³-hybridized carbons (Fsp3) is 0.500. The van der Waals surface area contributed by atoms with Crippen molar-refractivity contribution < 1.29 is 9.59 Å². The van der Waals surface area contributed by atoms with Crippen LogP contribution in [0.15, 0.2) is 30.5 Å². The smallest absolute Gasteiger partial charge is 0.255 e. The van der Waals surface area contributed by atoms with Crippen LogP contribution >= 0.6 is 0 Å². The van der Waals surface area contributed by atoms with Crippen molar-refractivity contribution in [2.24, 2.45) is 0 Å². The Morgan fingerprint density at radius 1 is 1.25 bits per heavy atom. The van der Waals surface area contributed by atoms with Crippen molar-refractivity contribution in [3.05, 3.63) is 53.0 Å². The molecule has 32 heavy (non-hydrogen) atoms. The molecule has 8 nitrogen and oxygen atoms in total. The van der Waals surface area contributed by atoms with Gasteiger partial charge in [0.05, 0.1) is 24.3 Å². The van der Waals surface area contributed by atoms with Crippen molar-refractivity contribution in [1.29, 1.82) is 0 Å². The first kappa shape index (κ1) is 22.2. The third kappa shape index (κ3) is 5.07. The van der Waals surface area contributed by atoms with E-state index in [9.17, 15) is 9.59 Å². The van der Waals surface area contributed by atoms with Crippen molar-refractivity contribution in [1.82, 2.24) is 25.1 Å². The van der Waals surface area contributed by atoms with Crippen LogP contribution in [0.25, 0.3) is 0 Å². The zero-order chi connectivity index (χ0) is 22.5. The molecule has 2 aliphatic rings. The predicted molar refractivity (Wildman–Crippen MR) is 123 cm³/mol. The molecular formula is C24H32N6O2. The summed E-state index contributed by atoms with van der Waals surface area (Å²) in [4.78, 5) is 38.7. The van der Waals surface area contributed by atoms with Crippen LogP contribution in [-0.2, 0) is 24.3 Å². The summed E-state index contributed by atoms with van der Waals surface area (Å²) in [7, 11) is 0. The van der Waals surface area contributed by atoms with Crippen molar-refractivity contribution in [3.8, 4) is 0 Å². The number of anilines is 1. The van der Waals surface area contributed by atoms with Gasteiger partial charge in [-0.1, -0.05) is 19.4 Å². The Balaban J connectivity index is 1.42. The van der Waals surface area contributed by atoms with Gasteiger partial charge in [-0.15, -0.1) is 0 Å². The lowest BCUT2D eigenvalue weighted by Gasteiger charge is -2.37. The lowest BCUT2D eigenvalue weighted by Crippen LogP contribution is -2.47. The van der Waals surface area contributed by atoms with Gasteiger partial charge < -0.3 is 16.0 Å². The van der Waals surface area contributed by atoms with Crippen LogP contribution in [0.2, 0.25) is 0 Å². The molecule has 2 amide bonds. The van der Waals surface area contributed by atoms with Crippen LogP contribution < -0.4 is 11.1 Å². The number of likely N-dealkylation sites (tertiary alicyclic amines) is 1. The minimum Gasteiger partial charge on any atom is -0.383 e. The van der Waals surface area contributed by atoms with Gasteiger partial charge in [0.2, 0.25) is 5.91 Å². The van der Waals surface area contributed by atoms with E-state index in [1.54, 1.807) is 12.3 Å². The molecule has 2 aromatic rings. The summed E-state index contributed by atoms with van der Waals surface area (Å²) in [6.07, 6.45) is 7.00. The number of carbonyl (C=O) groups excluding carboxylic acids is 2. The number of amides is 2. The van der Waals surface area contributed by atoms with E-state index in [0.717, 1.165) is 36.3 Å². The Kier molecular flexibility index (Phi) is 6.99. The molecule has 0 saturated carbocycles. The van der Waals surface area contributed by atoms with Crippen molar-refractivity contribution in [2.75, 3.05) is 25.4 Å². The van der Waals surface area contributed by atoms with E-state index in [1.807, 2.05) is 23.1 Å². The molecule has 0 spiro atoms. The molecule has 0 aliphatic carbocycles. The van der Waals surface area contributed by atoms with Gasteiger partial charge in [0, 0.05) is 37.4 Å². The van der Waals surface area contributed by atoms with Gasteiger partial charge in [-0.3, -0.25) is 19.5 Å². The Morgan fingerprint density at radius 3 is 2.91 bits per heavy atom. The quantitative estimate of drug-likeness (QED) is 0.719. The minimum absolute atomic E-state index is 0.147. The van der Waals surface area contributed by atoms with Crippen LogP contribution in [0.1, 0.15) is 59.9 Å². The summed E-state index contributed by atoms with van der Waals surface area (Å²) in [5, 5.41) is 2.85. The van der Waals surface area contributed by atoms with E-state index in [4.69, 9.17) is 5.73 Å². The molecule has 1 atom stereocenters. The van der Waals surface area contributed by atoms with Crippen molar-refractivity contribution in [3.63, 3.8) is 0 Å². The second-order valence-electron chi connectivity index (χ2n) is 8.62. The Hall–Kier alpha value is -3.00. The monoisotopic (exact) mass is 436 g/mol. The van der Waals surface area contributed by atoms with Gasteiger partial charge in [0.1, 0.15) is 5.82 Å². The summed E-state index contributed by atoms with van der Waals surface area (Å²) in [5.74, 6) is 0.0844. The molecule has 4 rings (SSSR count). The molecule has 2 aliphatic heterocycles. The first-order valence-corrected chi connectivity index (χ1v) is 11.5. The lowest BCUT2D eigenvalue weighted by molar-refractivity contribution is -0.134. The van der Waals surface area contributed by atoms with Crippen LogP contribution in [-0.4, -0.2) is 57.3 Å². The number of piperidine rings is 1. The Morgan fingerprint density at radius 2 is 2.12 bits per heavy atom. The molecule has 8 heteroatoms. The van der Waals surface area contributed by atoms with Crippen LogP contribution in [0, 0.1) is 0 Å². The van der Waals surface area contributed by atoms with E-state index >= 15 is 0 Å². The van der Waals surface area contributed by atoms with E-state index in [0.29, 0.717) is 44.2 Å². The molecule has 0 unspecified atom stereocenters. The SMILES string of the molecule is CC[C@H]1CCCCN1CC(=O)N1CCc2nc(N)c(C(=O)NCc3ccccn3)cc2C1. The molecule has 1 fully saturated rings. The standard InChI is InChI=1S/C24H32N6O2/c1-2-19-8-4-6-11-29(19)16-22(31)30-12-9-21-17(15-30)13-20(23(25)28-21)24(32)27-14-18-7-3-5-10-26-18/h3,5,7,10,13,19H,2,4,6,8-9,11-12,14-16H2,1H3,(H2,25,28)(H,27,32)/t19-/m0/s1. The average molecular weight is 437 g/mol. The summed E-state index contributed by atoms with van der Waals surface area (Å²) in [5.41, 5.74) is 8.97. The number of hydrogen-bond donors (Lipinski definition) is 2. The molecule has 1 saturated heterocycles. The molecular weight excluding hydrogens is 404 g/mol. The highest BCUT2D eigenvalue weighted by atomic mass is 16.2. The van der Waals surface area contributed by atoms with Gasteiger partial charge in [-0.25, -0.2) is 4.98 Å². The maximum Gasteiger partial charge on any atom is 0.255 e. The first-order chi connectivity index (χ1) is 15.5. The second-order valence-corrected chi connectivity index (χ2v) is 8.62. The van der Waals surface area contributed by atoms with E-state index < -0.39 is 0 Å². The molecule has 2 aromatic heterocycles. The molecule has 4 heterocycles. The molecule has 3 N–H and O–H groups in total. The molecule has 0 aromatic carbocycles. The maximum atomic E-state index is 13.0. The highest BCUT2D eigenvalue weighted by Crippen LogP contribution is 2.24. The maximum absolute atomic E-state index is 13.0. The van der Waals surface area contributed by atoms with Gasteiger partial charge >= 0.3 is 0 Å². The number of rotatable bonds is 6. The highest BCUT2D eigenvalue weighted by Gasteiger charge is 2.28. The summed E-state index contributed by atoms with van der Waals surface area (Å²) >= 11 is 0. The number of aromatic nitrogens is 2. The number of nitrogens with one attached hydrogen (secondary N) is 1. The Bertz CT molecular complexity index is 964. The second kappa shape index (κ2) is 10.1. The van der Waals surface area contributed by atoms with Gasteiger partial charge in [-0.05, 0) is 49.6 Å². The number of hydrogen-bond acceptors (Lipinski definition) is 6. The fourth-order valence-corrected chi connectivity index (χ4v) is 4.66. The van der Waals surface area contributed by atoms with Crippen LogP contribution in [0.5, 0.6) is 0 Å². The number of fused-ring (bicyclic) bond motifs is 1. The number of nitrogens with zero attached hydrogens (tertiary/aromatic N) is 4. The zero-order valence-electron chi connectivity index (χ0n) is 18.7. The largest absolute Gasteiger partial charge is 0.383 e. The average Bonchev–Trinajstić information content (AvgIpc) is 2.82. The highest BCUT2D eigenvalue weighted by molar-refractivity contribution is 5.98. The van der Waals surface area contributed by atoms with E-state index in [2.05, 4.69) is 27.1 Å². The fourth-order valence-electron chi connectivity index (χ4n) is 4.66. The van der Waals surface area contributed by atoms with Gasteiger partial charge in [0.15, 0.2) is 0 Å². The first-order valence-electron chi connectivity index (χ1n) is 11.5. The van der Waals surface area contributed by atoms with Gasteiger partial charge in [0.25, 0.3) is 5.91 Å². The number of pyridine rings is 2. The number of nitrogens with two attached hydrogens (primary N) is 1. The Labute approximate surface area is 189 Å². The topological polar surface area (TPSA) is 104 Å². The molecule has 170 valence electrons. The van der Waals surface area contributed by atoms with Crippen molar-refractivity contribution >= 4 is 17.6 Å². The number of carbonyl (C=O) groups is 2. The summed E-state index contributed by atoms with van der Waals surface area (Å²) in [6.45, 7) is 5.07. The minimum atomic E-state index is -0.286. The summed E-state index contributed by atoms with van der Waals surface area (Å²) in [6, 6.07) is 7.85. The zero-order valence-corrected chi connectivity index (χ0v) is 18.7.